The lowest BCUT2D eigenvalue weighted by molar-refractivity contribution is -0.144. The van der Waals surface area contributed by atoms with Gasteiger partial charge in [0.1, 0.15) is 0 Å². The molecule has 17 heavy (non-hydrogen) atoms. The fourth-order valence-electron chi connectivity index (χ4n) is 2.81. The second-order valence-corrected chi connectivity index (χ2v) is 4.92. The van der Waals surface area contributed by atoms with Crippen molar-refractivity contribution in [1.82, 2.24) is 10.2 Å². The van der Waals surface area contributed by atoms with Crippen molar-refractivity contribution >= 4 is 5.91 Å². The Hall–Kier alpha value is -0.610. The summed E-state index contributed by atoms with van der Waals surface area (Å²) in [6.07, 6.45) is 4.03. The number of rotatable bonds is 6. The first-order valence-electron chi connectivity index (χ1n) is 6.81. The van der Waals surface area contributed by atoms with E-state index >= 15 is 0 Å². The topological polar surface area (TPSA) is 52.6 Å². The van der Waals surface area contributed by atoms with Gasteiger partial charge in [0.15, 0.2) is 0 Å². The first-order chi connectivity index (χ1) is 8.20. The number of piperidine rings is 1. The van der Waals surface area contributed by atoms with E-state index in [1.54, 1.807) is 4.90 Å². The summed E-state index contributed by atoms with van der Waals surface area (Å²) in [5.41, 5.74) is -0.224. The normalized spacial score (nSPS) is 24.6. The molecule has 0 saturated carbocycles. The van der Waals surface area contributed by atoms with E-state index in [0.29, 0.717) is 13.1 Å². The van der Waals surface area contributed by atoms with E-state index in [-0.39, 0.29) is 17.9 Å². The molecule has 1 heterocycles. The first-order valence-corrected chi connectivity index (χ1v) is 6.81. The molecule has 0 bridgehead atoms. The number of carbonyl (C=O) groups excluding carboxylic acids is 1. The molecule has 4 heteroatoms. The van der Waals surface area contributed by atoms with Crippen molar-refractivity contribution < 1.29 is 9.90 Å². The molecule has 0 aromatic rings. The molecule has 4 nitrogen and oxygen atoms in total. The second-order valence-electron chi connectivity index (χ2n) is 4.92. The average molecular weight is 242 g/mol. The Balaban J connectivity index is 2.77. The largest absolute Gasteiger partial charge is 0.395 e. The minimum atomic E-state index is -0.224. The second kappa shape index (κ2) is 6.97. The summed E-state index contributed by atoms with van der Waals surface area (Å²) >= 11 is 0. The zero-order valence-electron chi connectivity index (χ0n) is 11.2. The third kappa shape index (κ3) is 3.42. The highest BCUT2D eigenvalue weighted by molar-refractivity contribution is 5.83. The maximum absolute atomic E-state index is 12.6. The highest BCUT2D eigenvalue weighted by Gasteiger charge is 2.40. The van der Waals surface area contributed by atoms with E-state index in [1.165, 1.54) is 0 Å². The molecule has 2 N–H and O–H groups in total. The predicted molar refractivity (Wildman–Crippen MR) is 68.8 cm³/mol. The number of aliphatic hydroxyl groups excluding tert-OH is 1. The van der Waals surface area contributed by atoms with E-state index in [2.05, 4.69) is 12.2 Å². The van der Waals surface area contributed by atoms with Gasteiger partial charge in [0.2, 0.25) is 5.91 Å². The van der Waals surface area contributed by atoms with Crippen molar-refractivity contribution in [3.8, 4) is 0 Å². The molecule has 1 aliphatic heterocycles. The van der Waals surface area contributed by atoms with Crippen LogP contribution in [0.3, 0.4) is 0 Å². The number of hydrogen-bond acceptors (Lipinski definition) is 3. The van der Waals surface area contributed by atoms with E-state index in [4.69, 9.17) is 5.11 Å². The highest BCUT2D eigenvalue weighted by atomic mass is 16.3. The van der Waals surface area contributed by atoms with Gasteiger partial charge in [-0.3, -0.25) is 4.79 Å². The number of nitrogens with zero attached hydrogens (tertiary/aromatic N) is 1. The van der Waals surface area contributed by atoms with Crippen molar-refractivity contribution in [2.45, 2.75) is 39.5 Å². The van der Waals surface area contributed by atoms with Gasteiger partial charge in [-0.25, -0.2) is 0 Å². The Morgan fingerprint density at radius 3 is 2.71 bits per heavy atom. The van der Waals surface area contributed by atoms with Gasteiger partial charge in [0.05, 0.1) is 12.0 Å². The summed E-state index contributed by atoms with van der Waals surface area (Å²) in [5, 5.41) is 12.4. The molecule has 1 saturated heterocycles. The number of nitrogens with one attached hydrogen (secondary N) is 1. The van der Waals surface area contributed by atoms with Crippen LogP contribution in [-0.4, -0.2) is 48.7 Å². The molecule has 1 aliphatic rings. The van der Waals surface area contributed by atoms with Crippen LogP contribution in [-0.2, 0) is 4.79 Å². The smallest absolute Gasteiger partial charge is 0.230 e. The van der Waals surface area contributed by atoms with Crippen molar-refractivity contribution in [1.29, 1.82) is 0 Å². The molecule has 1 unspecified atom stereocenters. The maximum Gasteiger partial charge on any atom is 0.230 e. The van der Waals surface area contributed by atoms with Gasteiger partial charge in [0, 0.05) is 19.6 Å². The minimum absolute atomic E-state index is 0.0508. The molecule has 0 aliphatic carbocycles. The van der Waals surface area contributed by atoms with Crippen LogP contribution in [0.2, 0.25) is 0 Å². The number of amides is 1. The van der Waals surface area contributed by atoms with Gasteiger partial charge < -0.3 is 15.3 Å². The predicted octanol–water partition coefficient (Wildman–Crippen LogP) is 0.997. The molecule has 0 aromatic carbocycles. The highest BCUT2D eigenvalue weighted by Crippen LogP contribution is 2.33. The van der Waals surface area contributed by atoms with Crippen LogP contribution < -0.4 is 5.32 Å². The van der Waals surface area contributed by atoms with Gasteiger partial charge >= 0.3 is 0 Å². The van der Waals surface area contributed by atoms with Crippen LogP contribution in [0.15, 0.2) is 0 Å². The summed E-state index contributed by atoms with van der Waals surface area (Å²) in [7, 11) is 0. The van der Waals surface area contributed by atoms with Crippen LogP contribution >= 0.6 is 0 Å². The Bertz CT molecular complexity index is 232. The van der Waals surface area contributed by atoms with Crippen LogP contribution in [0.25, 0.3) is 0 Å². The Labute approximate surface area is 104 Å². The van der Waals surface area contributed by atoms with Gasteiger partial charge in [-0.15, -0.1) is 0 Å². The summed E-state index contributed by atoms with van der Waals surface area (Å²) in [6.45, 7) is 7.11. The number of aliphatic hydroxyl groups is 1. The SMILES string of the molecule is CCCC1(C(=O)N(CC)CCO)CCCNC1. The lowest BCUT2D eigenvalue weighted by Crippen LogP contribution is -2.52. The summed E-state index contributed by atoms with van der Waals surface area (Å²) in [6, 6.07) is 0. The lowest BCUT2D eigenvalue weighted by atomic mass is 9.75. The molecule has 100 valence electrons. The Kier molecular flexibility index (Phi) is 5.92. The quantitative estimate of drug-likeness (QED) is 0.730. The molecule has 0 spiro atoms. The fourth-order valence-corrected chi connectivity index (χ4v) is 2.81. The molecule has 0 aromatic heterocycles. The Morgan fingerprint density at radius 1 is 1.47 bits per heavy atom. The molecule has 0 radical (unpaired) electrons. The fraction of sp³-hybridized carbons (Fsp3) is 0.923. The van der Waals surface area contributed by atoms with Gasteiger partial charge in [-0.05, 0) is 32.7 Å². The zero-order chi connectivity index (χ0) is 12.7. The third-order valence-electron chi connectivity index (χ3n) is 3.69. The molecular weight excluding hydrogens is 216 g/mol. The average Bonchev–Trinajstić information content (AvgIpc) is 2.36. The molecule has 1 fully saturated rings. The standard InChI is InChI=1S/C13H26N2O2/c1-3-6-13(7-5-8-14-11-13)12(17)15(4-2)9-10-16/h14,16H,3-11H2,1-2H3. The number of carbonyl (C=O) groups is 1. The van der Waals surface area contributed by atoms with E-state index in [9.17, 15) is 4.79 Å². The zero-order valence-corrected chi connectivity index (χ0v) is 11.2. The van der Waals surface area contributed by atoms with Crippen molar-refractivity contribution in [2.24, 2.45) is 5.41 Å². The van der Waals surface area contributed by atoms with Crippen LogP contribution in [0.4, 0.5) is 0 Å². The van der Waals surface area contributed by atoms with Crippen LogP contribution in [0.1, 0.15) is 39.5 Å². The van der Waals surface area contributed by atoms with Crippen molar-refractivity contribution in [3.63, 3.8) is 0 Å². The molecule has 1 amide bonds. The maximum atomic E-state index is 12.6. The molecule has 1 rings (SSSR count). The van der Waals surface area contributed by atoms with E-state index < -0.39 is 0 Å². The minimum Gasteiger partial charge on any atom is -0.395 e. The first kappa shape index (κ1) is 14.5. The van der Waals surface area contributed by atoms with Gasteiger partial charge in [0.25, 0.3) is 0 Å². The summed E-state index contributed by atoms with van der Waals surface area (Å²) in [4.78, 5) is 14.4. The summed E-state index contributed by atoms with van der Waals surface area (Å²) < 4.78 is 0. The number of likely N-dealkylation sites (N-methyl/N-ethyl adjacent to an activating group) is 1. The van der Waals surface area contributed by atoms with Gasteiger partial charge in [-0.2, -0.15) is 0 Å². The van der Waals surface area contributed by atoms with Crippen LogP contribution in [0, 0.1) is 5.41 Å². The lowest BCUT2D eigenvalue weighted by Gasteiger charge is -2.39. The third-order valence-corrected chi connectivity index (χ3v) is 3.69. The van der Waals surface area contributed by atoms with E-state index in [1.807, 2.05) is 6.92 Å². The number of hydrogen-bond donors (Lipinski definition) is 2. The summed E-state index contributed by atoms with van der Waals surface area (Å²) in [5.74, 6) is 0.225. The molecular formula is C13H26N2O2. The molecule has 1 atom stereocenters. The monoisotopic (exact) mass is 242 g/mol. The van der Waals surface area contributed by atoms with Crippen molar-refractivity contribution in [2.75, 3.05) is 32.8 Å². The van der Waals surface area contributed by atoms with Crippen LogP contribution in [0.5, 0.6) is 0 Å². The van der Waals surface area contributed by atoms with E-state index in [0.717, 1.165) is 38.8 Å². The van der Waals surface area contributed by atoms with Gasteiger partial charge in [-0.1, -0.05) is 13.3 Å². The Morgan fingerprint density at radius 2 is 2.24 bits per heavy atom. The van der Waals surface area contributed by atoms with Crippen molar-refractivity contribution in [3.05, 3.63) is 0 Å².